The number of aromatic nitrogens is 2. The minimum atomic E-state index is 0.0427. The van der Waals surface area contributed by atoms with E-state index in [2.05, 4.69) is 20.2 Å². The molecule has 1 aromatic heterocycles. The predicted molar refractivity (Wildman–Crippen MR) is 75.0 cm³/mol. The fourth-order valence-corrected chi connectivity index (χ4v) is 2.11. The normalized spacial score (nSPS) is 13.0. The van der Waals surface area contributed by atoms with E-state index in [0.717, 1.165) is 23.0 Å². The van der Waals surface area contributed by atoms with Crippen molar-refractivity contribution in [3.8, 4) is 0 Å². The number of nitrogens with zero attached hydrogens (tertiary/aromatic N) is 3. The second-order valence-corrected chi connectivity index (χ2v) is 4.14. The Morgan fingerprint density at radius 1 is 1.16 bits per heavy atom. The third-order valence-electron chi connectivity index (χ3n) is 2.94. The average molecular weight is 254 g/mol. The lowest BCUT2D eigenvalue weighted by molar-refractivity contribution is 0.342. The Morgan fingerprint density at radius 2 is 2.00 bits per heavy atom. The van der Waals surface area contributed by atoms with Crippen LogP contribution in [0.5, 0.6) is 0 Å². The molecule has 0 bridgehead atoms. The number of benzene rings is 1. The monoisotopic (exact) mass is 254 g/mol. The second kappa shape index (κ2) is 5.07. The van der Waals surface area contributed by atoms with Crippen molar-refractivity contribution in [3.05, 3.63) is 48.8 Å². The van der Waals surface area contributed by atoms with Gasteiger partial charge in [0.15, 0.2) is 11.6 Å². The standard InChI is InChI=1S/C14H14N4O/c19-10-4-3-9-18-12-6-2-1-5-11(12)17-13-14(18)16-8-7-15-13/h1-8,19H,9-10H2,(H,15,17)/b4-3+. The van der Waals surface area contributed by atoms with Crippen LogP contribution in [0.3, 0.4) is 0 Å². The Morgan fingerprint density at radius 3 is 2.89 bits per heavy atom. The largest absolute Gasteiger partial charge is 0.392 e. The predicted octanol–water partition coefficient (Wildman–Crippen LogP) is 2.22. The third kappa shape index (κ3) is 2.15. The van der Waals surface area contributed by atoms with E-state index in [9.17, 15) is 0 Å². The molecule has 5 heteroatoms. The summed E-state index contributed by atoms with van der Waals surface area (Å²) < 4.78 is 0. The number of nitrogens with one attached hydrogen (secondary N) is 1. The highest BCUT2D eigenvalue weighted by atomic mass is 16.2. The molecule has 0 amide bonds. The highest BCUT2D eigenvalue weighted by Gasteiger charge is 2.22. The summed E-state index contributed by atoms with van der Waals surface area (Å²) in [6.45, 7) is 0.687. The Bertz CT molecular complexity index is 566. The fourth-order valence-electron chi connectivity index (χ4n) is 2.11. The van der Waals surface area contributed by atoms with Gasteiger partial charge >= 0.3 is 0 Å². The van der Waals surface area contributed by atoms with Gasteiger partial charge < -0.3 is 15.3 Å². The number of para-hydroxylation sites is 2. The molecule has 0 saturated heterocycles. The molecule has 1 aromatic carbocycles. The van der Waals surface area contributed by atoms with Gasteiger partial charge in [-0.1, -0.05) is 24.3 Å². The van der Waals surface area contributed by atoms with Crippen molar-refractivity contribution in [2.24, 2.45) is 0 Å². The number of rotatable bonds is 3. The number of anilines is 4. The van der Waals surface area contributed by atoms with Gasteiger partial charge in [-0.15, -0.1) is 0 Å². The van der Waals surface area contributed by atoms with Crippen LogP contribution >= 0.6 is 0 Å². The lowest BCUT2D eigenvalue weighted by Crippen LogP contribution is -2.24. The van der Waals surface area contributed by atoms with Gasteiger partial charge in [0.05, 0.1) is 18.0 Å². The highest BCUT2D eigenvalue weighted by molar-refractivity contribution is 5.88. The molecular formula is C14H14N4O. The summed E-state index contributed by atoms with van der Waals surface area (Å²) in [5.41, 5.74) is 2.06. The van der Waals surface area contributed by atoms with Crippen molar-refractivity contribution in [2.45, 2.75) is 0 Å². The summed E-state index contributed by atoms with van der Waals surface area (Å²) in [5, 5.41) is 12.1. The van der Waals surface area contributed by atoms with Gasteiger partial charge in [-0.05, 0) is 12.1 Å². The molecule has 0 spiro atoms. The van der Waals surface area contributed by atoms with Crippen molar-refractivity contribution in [3.63, 3.8) is 0 Å². The average Bonchev–Trinajstić information content (AvgIpc) is 2.46. The topological polar surface area (TPSA) is 61.3 Å². The van der Waals surface area contributed by atoms with Crippen molar-refractivity contribution in [1.29, 1.82) is 0 Å². The van der Waals surface area contributed by atoms with Crippen LogP contribution in [0, 0.1) is 0 Å². The fraction of sp³-hybridized carbons (Fsp3) is 0.143. The van der Waals surface area contributed by atoms with E-state index in [1.165, 1.54) is 0 Å². The van der Waals surface area contributed by atoms with Crippen molar-refractivity contribution < 1.29 is 5.11 Å². The molecule has 1 aliphatic rings. The zero-order chi connectivity index (χ0) is 13.1. The minimum absolute atomic E-state index is 0.0427. The molecule has 2 aromatic rings. The summed E-state index contributed by atoms with van der Waals surface area (Å²) in [4.78, 5) is 10.8. The zero-order valence-corrected chi connectivity index (χ0v) is 10.3. The Kier molecular flexibility index (Phi) is 3.12. The van der Waals surface area contributed by atoms with Crippen LogP contribution in [0.2, 0.25) is 0 Å². The summed E-state index contributed by atoms with van der Waals surface area (Å²) in [6.07, 6.45) is 6.99. The summed E-state index contributed by atoms with van der Waals surface area (Å²) in [6, 6.07) is 8.02. The molecule has 0 unspecified atom stereocenters. The number of aliphatic hydroxyl groups excluding tert-OH is 1. The lowest BCUT2D eigenvalue weighted by Gasteiger charge is -2.30. The van der Waals surface area contributed by atoms with E-state index >= 15 is 0 Å². The molecule has 2 heterocycles. The minimum Gasteiger partial charge on any atom is -0.392 e. The number of fused-ring (bicyclic) bond motifs is 2. The first-order valence-electron chi connectivity index (χ1n) is 6.10. The molecule has 0 atom stereocenters. The smallest absolute Gasteiger partial charge is 0.176 e. The number of aliphatic hydroxyl groups is 1. The van der Waals surface area contributed by atoms with Gasteiger partial charge in [0, 0.05) is 18.9 Å². The molecule has 1 aliphatic heterocycles. The van der Waals surface area contributed by atoms with Crippen LogP contribution in [-0.4, -0.2) is 28.2 Å². The maximum atomic E-state index is 8.84. The quantitative estimate of drug-likeness (QED) is 0.822. The summed E-state index contributed by atoms with van der Waals surface area (Å²) in [5.74, 6) is 1.54. The van der Waals surface area contributed by atoms with E-state index in [1.807, 2.05) is 30.3 Å². The Hall–Kier alpha value is -2.40. The molecule has 0 aliphatic carbocycles. The molecule has 0 fully saturated rings. The SMILES string of the molecule is OC/C=C/CN1c2ccccc2Nc2nccnc21. The van der Waals surface area contributed by atoms with E-state index in [-0.39, 0.29) is 6.61 Å². The first-order valence-corrected chi connectivity index (χ1v) is 6.10. The molecule has 2 N–H and O–H groups in total. The van der Waals surface area contributed by atoms with Crippen molar-refractivity contribution >= 4 is 23.0 Å². The lowest BCUT2D eigenvalue weighted by atomic mass is 10.2. The van der Waals surface area contributed by atoms with Crippen LogP contribution in [-0.2, 0) is 0 Å². The first kappa shape index (κ1) is 11.7. The van der Waals surface area contributed by atoms with Crippen LogP contribution < -0.4 is 10.2 Å². The molecule has 5 nitrogen and oxygen atoms in total. The van der Waals surface area contributed by atoms with Crippen LogP contribution in [0.25, 0.3) is 0 Å². The van der Waals surface area contributed by atoms with Gasteiger partial charge in [0.25, 0.3) is 0 Å². The zero-order valence-electron chi connectivity index (χ0n) is 10.3. The van der Waals surface area contributed by atoms with Gasteiger partial charge in [-0.25, -0.2) is 9.97 Å². The Balaban J connectivity index is 2.03. The van der Waals surface area contributed by atoms with E-state index in [0.29, 0.717) is 6.54 Å². The molecule has 19 heavy (non-hydrogen) atoms. The molecule has 3 rings (SSSR count). The Labute approximate surface area is 111 Å². The van der Waals surface area contributed by atoms with Crippen molar-refractivity contribution in [2.75, 3.05) is 23.4 Å². The number of hydrogen-bond acceptors (Lipinski definition) is 5. The summed E-state index contributed by atoms with van der Waals surface area (Å²) in [7, 11) is 0. The molecular weight excluding hydrogens is 240 g/mol. The van der Waals surface area contributed by atoms with Gasteiger partial charge in [-0.3, -0.25) is 0 Å². The van der Waals surface area contributed by atoms with E-state index in [1.54, 1.807) is 18.5 Å². The second-order valence-electron chi connectivity index (χ2n) is 4.14. The van der Waals surface area contributed by atoms with Gasteiger partial charge in [0.1, 0.15) is 0 Å². The van der Waals surface area contributed by atoms with Crippen LogP contribution in [0.1, 0.15) is 0 Å². The van der Waals surface area contributed by atoms with Gasteiger partial charge in [-0.2, -0.15) is 0 Å². The van der Waals surface area contributed by atoms with Crippen LogP contribution in [0.4, 0.5) is 23.0 Å². The maximum Gasteiger partial charge on any atom is 0.176 e. The van der Waals surface area contributed by atoms with Gasteiger partial charge in [0.2, 0.25) is 0 Å². The summed E-state index contributed by atoms with van der Waals surface area (Å²) >= 11 is 0. The maximum absolute atomic E-state index is 8.84. The van der Waals surface area contributed by atoms with E-state index < -0.39 is 0 Å². The number of hydrogen-bond donors (Lipinski definition) is 2. The first-order chi connectivity index (χ1) is 9.40. The third-order valence-corrected chi connectivity index (χ3v) is 2.94. The molecule has 96 valence electrons. The molecule has 0 radical (unpaired) electrons. The van der Waals surface area contributed by atoms with Crippen LogP contribution in [0.15, 0.2) is 48.8 Å². The molecule has 0 saturated carbocycles. The van der Waals surface area contributed by atoms with Crippen molar-refractivity contribution in [1.82, 2.24) is 9.97 Å². The highest BCUT2D eigenvalue weighted by Crippen LogP contribution is 2.40. The van der Waals surface area contributed by atoms with E-state index in [4.69, 9.17) is 5.11 Å².